The standard InChI is InChI=1S/C17H13N3O3/c1-19-14-8-11(7-6-10(14)9-18-17(19)23)20-15(21)12-4-2-3-5-13(12)16(20)22/h2-8H,9H2,1H3,(H,18,23). The van der Waals surface area contributed by atoms with Crippen LogP contribution >= 0.6 is 0 Å². The summed E-state index contributed by atoms with van der Waals surface area (Å²) in [6.07, 6.45) is 0. The molecule has 2 aromatic carbocycles. The lowest BCUT2D eigenvalue weighted by molar-refractivity contribution is 0.0926. The molecule has 0 spiro atoms. The van der Waals surface area contributed by atoms with Gasteiger partial charge in [-0.2, -0.15) is 0 Å². The maximum absolute atomic E-state index is 12.5. The predicted octanol–water partition coefficient (Wildman–Crippen LogP) is 2.15. The molecule has 0 aliphatic carbocycles. The Morgan fingerprint density at radius 3 is 2.26 bits per heavy atom. The SMILES string of the molecule is CN1C(=O)NCc2ccc(N3C(=O)c4ccccc4C3=O)cc21. The Morgan fingerprint density at radius 1 is 0.957 bits per heavy atom. The number of anilines is 2. The molecular weight excluding hydrogens is 294 g/mol. The molecule has 6 heteroatoms. The third-order valence-corrected chi connectivity index (χ3v) is 4.22. The fourth-order valence-electron chi connectivity index (χ4n) is 2.98. The van der Waals surface area contributed by atoms with Crippen molar-refractivity contribution in [1.82, 2.24) is 5.32 Å². The van der Waals surface area contributed by atoms with Crippen LogP contribution in [0.15, 0.2) is 42.5 Å². The lowest BCUT2D eigenvalue weighted by atomic mass is 10.1. The summed E-state index contributed by atoms with van der Waals surface area (Å²) in [6, 6.07) is 11.8. The molecule has 0 atom stereocenters. The molecule has 0 saturated carbocycles. The van der Waals surface area contributed by atoms with Crippen LogP contribution in [0.4, 0.5) is 16.2 Å². The molecule has 0 unspecified atom stereocenters. The van der Waals surface area contributed by atoms with Gasteiger partial charge in [-0.3, -0.25) is 14.5 Å². The predicted molar refractivity (Wildman–Crippen MR) is 84.7 cm³/mol. The van der Waals surface area contributed by atoms with Crippen molar-refractivity contribution in [2.75, 3.05) is 16.8 Å². The van der Waals surface area contributed by atoms with Crippen LogP contribution in [0.25, 0.3) is 0 Å². The van der Waals surface area contributed by atoms with Crippen molar-refractivity contribution in [1.29, 1.82) is 0 Å². The van der Waals surface area contributed by atoms with Crippen molar-refractivity contribution < 1.29 is 14.4 Å². The van der Waals surface area contributed by atoms with E-state index in [0.717, 1.165) is 10.5 Å². The number of hydrogen-bond acceptors (Lipinski definition) is 3. The summed E-state index contributed by atoms with van der Waals surface area (Å²) in [7, 11) is 1.65. The molecule has 0 fully saturated rings. The molecule has 0 saturated heterocycles. The third kappa shape index (κ3) is 1.85. The number of amides is 4. The summed E-state index contributed by atoms with van der Waals surface area (Å²) in [6.45, 7) is 0.431. The fraction of sp³-hybridized carbons (Fsp3) is 0.118. The lowest BCUT2D eigenvalue weighted by Crippen LogP contribution is -2.41. The van der Waals surface area contributed by atoms with Crippen molar-refractivity contribution in [3.63, 3.8) is 0 Å². The van der Waals surface area contributed by atoms with Gasteiger partial charge in [0.05, 0.1) is 22.5 Å². The van der Waals surface area contributed by atoms with Gasteiger partial charge in [-0.15, -0.1) is 0 Å². The van der Waals surface area contributed by atoms with E-state index in [9.17, 15) is 14.4 Å². The number of hydrogen-bond donors (Lipinski definition) is 1. The number of nitrogens with zero attached hydrogens (tertiary/aromatic N) is 2. The molecule has 4 amide bonds. The van der Waals surface area contributed by atoms with E-state index in [-0.39, 0.29) is 17.8 Å². The van der Waals surface area contributed by atoms with Gasteiger partial charge in [0.2, 0.25) is 0 Å². The summed E-state index contributed by atoms with van der Waals surface area (Å²) in [5, 5.41) is 2.75. The van der Waals surface area contributed by atoms with Crippen LogP contribution in [0.5, 0.6) is 0 Å². The monoisotopic (exact) mass is 307 g/mol. The smallest absolute Gasteiger partial charge is 0.321 e. The minimum Gasteiger partial charge on any atom is -0.334 e. The maximum atomic E-state index is 12.5. The van der Waals surface area contributed by atoms with Gasteiger partial charge in [0, 0.05) is 13.6 Å². The molecule has 2 aliphatic rings. The Bertz CT molecular complexity index is 840. The summed E-state index contributed by atoms with van der Waals surface area (Å²) < 4.78 is 0. The molecule has 0 aromatic heterocycles. The summed E-state index contributed by atoms with van der Waals surface area (Å²) in [4.78, 5) is 39.5. The Kier molecular flexibility index (Phi) is 2.74. The van der Waals surface area contributed by atoms with E-state index in [4.69, 9.17) is 0 Å². The fourth-order valence-corrected chi connectivity index (χ4v) is 2.98. The Labute approximate surface area is 132 Å². The molecule has 4 rings (SSSR count). The van der Waals surface area contributed by atoms with Gasteiger partial charge in [0.1, 0.15) is 0 Å². The first-order chi connectivity index (χ1) is 11.1. The summed E-state index contributed by atoms with van der Waals surface area (Å²) >= 11 is 0. The number of urea groups is 1. The van der Waals surface area contributed by atoms with Crippen molar-refractivity contribution >= 4 is 29.2 Å². The van der Waals surface area contributed by atoms with Gasteiger partial charge >= 0.3 is 6.03 Å². The first-order valence-electron chi connectivity index (χ1n) is 7.20. The summed E-state index contributed by atoms with van der Waals surface area (Å²) in [5.74, 6) is -0.679. The topological polar surface area (TPSA) is 69.7 Å². The number of imide groups is 1. The van der Waals surface area contributed by atoms with Gasteiger partial charge < -0.3 is 5.32 Å². The number of carbonyl (C=O) groups excluding carboxylic acids is 3. The average Bonchev–Trinajstić information content (AvgIpc) is 2.83. The van der Waals surface area contributed by atoms with Gasteiger partial charge in [0.15, 0.2) is 0 Å². The molecular formula is C17H13N3O3. The zero-order valence-corrected chi connectivity index (χ0v) is 12.4. The van der Waals surface area contributed by atoms with Crippen molar-refractivity contribution in [2.24, 2.45) is 0 Å². The van der Waals surface area contributed by atoms with Crippen molar-refractivity contribution in [3.05, 3.63) is 59.2 Å². The third-order valence-electron chi connectivity index (χ3n) is 4.22. The van der Waals surface area contributed by atoms with Crippen LogP contribution < -0.4 is 15.1 Å². The first kappa shape index (κ1) is 13.5. The molecule has 23 heavy (non-hydrogen) atoms. The number of benzene rings is 2. The van der Waals surface area contributed by atoms with Crippen molar-refractivity contribution in [2.45, 2.75) is 6.54 Å². The number of nitrogens with one attached hydrogen (secondary N) is 1. The zero-order valence-electron chi connectivity index (χ0n) is 12.4. The first-order valence-corrected chi connectivity index (χ1v) is 7.20. The largest absolute Gasteiger partial charge is 0.334 e. The highest BCUT2D eigenvalue weighted by molar-refractivity contribution is 6.34. The van der Waals surface area contributed by atoms with E-state index in [2.05, 4.69) is 5.32 Å². The highest BCUT2D eigenvalue weighted by atomic mass is 16.2. The molecule has 0 bridgehead atoms. The summed E-state index contributed by atoms with van der Waals surface area (Å²) in [5.41, 5.74) is 2.91. The van der Waals surface area contributed by atoms with Gasteiger partial charge in [-0.1, -0.05) is 18.2 Å². The average molecular weight is 307 g/mol. The van der Waals surface area contributed by atoms with Crippen LogP contribution in [0, 0.1) is 0 Å². The Hall–Kier alpha value is -3.15. The maximum Gasteiger partial charge on any atom is 0.321 e. The minimum atomic E-state index is -0.339. The van der Waals surface area contributed by atoms with Gasteiger partial charge in [-0.05, 0) is 29.8 Å². The van der Waals surface area contributed by atoms with Crippen LogP contribution in [-0.2, 0) is 6.54 Å². The van der Waals surface area contributed by atoms with E-state index in [1.54, 1.807) is 43.4 Å². The van der Waals surface area contributed by atoms with E-state index >= 15 is 0 Å². The molecule has 2 aromatic rings. The molecule has 2 heterocycles. The Balaban J connectivity index is 1.80. The number of fused-ring (bicyclic) bond motifs is 2. The quantitative estimate of drug-likeness (QED) is 0.821. The van der Waals surface area contributed by atoms with Gasteiger partial charge in [0.25, 0.3) is 11.8 Å². The normalized spacial score (nSPS) is 16.3. The van der Waals surface area contributed by atoms with Crippen LogP contribution in [-0.4, -0.2) is 24.9 Å². The second-order valence-electron chi connectivity index (χ2n) is 5.52. The highest BCUT2D eigenvalue weighted by Gasteiger charge is 2.36. The van der Waals surface area contributed by atoms with E-state index in [0.29, 0.717) is 29.0 Å². The molecule has 6 nitrogen and oxygen atoms in total. The molecule has 2 aliphatic heterocycles. The minimum absolute atomic E-state index is 0.211. The van der Waals surface area contributed by atoms with Gasteiger partial charge in [-0.25, -0.2) is 9.69 Å². The molecule has 1 N–H and O–H groups in total. The van der Waals surface area contributed by atoms with Crippen LogP contribution in [0.3, 0.4) is 0 Å². The lowest BCUT2D eigenvalue weighted by Gasteiger charge is -2.28. The highest BCUT2D eigenvalue weighted by Crippen LogP contribution is 2.33. The molecule has 114 valence electrons. The number of rotatable bonds is 1. The van der Waals surface area contributed by atoms with Crippen LogP contribution in [0.2, 0.25) is 0 Å². The Morgan fingerprint density at radius 2 is 1.61 bits per heavy atom. The zero-order chi connectivity index (χ0) is 16.1. The van der Waals surface area contributed by atoms with E-state index in [1.807, 2.05) is 6.07 Å². The van der Waals surface area contributed by atoms with E-state index in [1.165, 1.54) is 4.90 Å². The van der Waals surface area contributed by atoms with Crippen LogP contribution in [0.1, 0.15) is 26.3 Å². The van der Waals surface area contributed by atoms with Crippen molar-refractivity contribution in [3.8, 4) is 0 Å². The van der Waals surface area contributed by atoms with E-state index < -0.39 is 0 Å². The molecule has 0 radical (unpaired) electrons. The second-order valence-corrected chi connectivity index (χ2v) is 5.52. The number of carbonyl (C=O) groups is 3. The second kappa shape index (κ2) is 4.67.